The average molecular weight is 194 g/mol. The van der Waals surface area contributed by atoms with Crippen LogP contribution in [0.5, 0.6) is 0 Å². The van der Waals surface area contributed by atoms with E-state index in [1.165, 1.54) is 11.9 Å². The normalized spacial score (nSPS) is 11.2. The summed E-state index contributed by atoms with van der Waals surface area (Å²) in [6, 6.07) is 0. The van der Waals surface area contributed by atoms with Crippen molar-refractivity contribution in [2.45, 2.75) is 13.3 Å². The van der Waals surface area contributed by atoms with Crippen LogP contribution in [0.1, 0.15) is 13.3 Å². The Kier molecular flexibility index (Phi) is 4.19. The van der Waals surface area contributed by atoms with Crippen molar-refractivity contribution in [3.63, 3.8) is 0 Å². The standard InChI is InChI=1S/C6H13NO4S/c1-3-6(8)7(2)4-5-12(9,10)11/h3-5H2,1-2H3,(H,9,10,11)/p-1. The summed E-state index contributed by atoms with van der Waals surface area (Å²) in [4.78, 5) is 12.1. The van der Waals surface area contributed by atoms with Crippen molar-refractivity contribution in [3.8, 4) is 0 Å². The van der Waals surface area contributed by atoms with Gasteiger partial charge in [-0.25, -0.2) is 8.42 Å². The molecule has 0 aromatic carbocycles. The van der Waals surface area contributed by atoms with Crippen molar-refractivity contribution in [3.05, 3.63) is 0 Å². The van der Waals surface area contributed by atoms with Crippen molar-refractivity contribution in [1.29, 1.82) is 0 Å². The van der Waals surface area contributed by atoms with Gasteiger partial charge < -0.3 is 9.45 Å². The van der Waals surface area contributed by atoms with Gasteiger partial charge in [0.15, 0.2) is 0 Å². The van der Waals surface area contributed by atoms with Crippen molar-refractivity contribution < 1.29 is 17.8 Å². The third-order valence-corrected chi connectivity index (χ3v) is 2.09. The zero-order valence-electron chi connectivity index (χ0n) is 7.11. The SMILES string of the molecule is CCC(=O)N(C)CCS(=O)(=O)[O-]. The molecule has 0 atom stereocenters. The Morgan fingerprint density at radius 2 is 2.00 bits per heavy atom. The summed E-state index contributed by atoms with van der Waals surface area (Å²) in [5.41, 5.74) is 0. The van der Waals surface area contributed by atoms with Crippen LogP contribution < -0.4 is 0 Å². The predicted molar refractivity (Wildman–Crippen MR) is 42.5 cm³/mol. The second-order valence-electron chi connectivity index (χ2n) is 2.43. The van der Waals surface area contributed by atoms with E-state index >= 15 is 0 Å². The molecular weight excluding hydrogens is 182 g/mol. The largest absolute Gasteiger partial charge is 0.748 e. The minimum absolute atomic E-state index is 0.0293. The van der Waals surface area contributed by atoms with Crippen molar-refractivity contribution in [2.75, 3.05) is 19.3 Å². The van der Waals surface area contributed by atoms with Crippen LogP contribution in [0.3, 0.4) is 0 Å². The summed E-state index contributed by atoms with van der Waals surface area (Å²) in [6.07, 6.45) is 0.315. The molecule has 0 aliphatic heterocycles. The lowest BCUT2D eigenvalue weighted by molar-refractivity contribution is -0.129. The van der Waals surface area contributed by atoms with Gasteiger partial charge in [-0.15, -0.1) is 0 Å². The van der Waals surface area contributed by atoms with Gasteiger partial charge in [-0.05, 0) is 0 Å². The lowest BCUT2D eigenvalue weighted by Gasteiger charge is -2.16. The monoisotopic (exact) mass is 194 g/mol. The molecule has 0 spiro atoms. The molecule has 0 rings (SSSR count). The fraction of sp³-hybridized carbons (Fsp3) is 0.833. The predicted octanol–water partition coefficient (Wildman–Crippen LogP) is -0.600. The van der Waals surface area contributed by atoms with Crippen LogP contribution in [-0.2, 0) is 14.9 Å². The van der Waals surface area contributed by atoms with Crippen LogP contribution in [0.4, 0.5) is 0 Å². The Bertz CT molecular complexity index is 246. The van der Waals surface area contributed by atoms with Crippen molar-refractivity contribution in [2.24, 2.45) is 0 Å². The Morgan fingerprint density at radius 3 is 2.33 bits per heavy atom. The molecule has 0 bridgehead atoms. The number of nitrogens with zero attached hydrogens (tertiary/aromatic N) is 1. The van der Waals surface area contributed by atoms with Gasteiger partial charge in [0, 0.05) is 20.0 Å². The first kappa shape index (κ1) is 11.4. The Morgan fingerprint density at radius 1 is 1.50 bits per heavy atom. The molecule has 1 amide bonds. The number of hydrogen-bond donors (Lipinski definition) is 0. The van der Waals surface area contributed by atoms with Gasteiger partial charge in [0.25, 0.3) is 0 Å². The molecule has 12 heavy (non-hydrogen) atoms. The van der Waals surface area contributed by atoms with Crippen molar-refractivity contribution in [1.82, 2.24) is 4.90 Å². The third kappa shape index (κ3) is 5.09. The summed E-state index contributed by atoms with van der Waals surface area (Å²) in [5.74, 6) is -0.687. The van der Waals surface area contributed by atoms with E-state index in [0.717, 1.165) is 0 Å². The molecule has 0 heterocycles. The lowest BCUT2D eigenvalue weighted by Crippen LogP contribution is -2.30. The smallest absolute Gasteiger partial charge is 0.222 e. The van der Waals surface area contributed by atoms with Crippen LogP contribution in [-0.4, -0.2) is 43.1 Å². The van der Waals surface area contributed by atoms with E-state index < -0.39 is 15.9 Å². The first-order valence-corrected chi connectivity index (χ1v) is 5.12. The molecule has 0 aromatic heterocycles. The molecule has 0 radical (unpaired) electrons. The van der Waals surface area contributed by atoms with Crippen LogP contribution in [0.15, 0.2) is 0 Å². The number of amides is 1. The number of hydrogen-bond acceptors (Lipinski definition) is 4. The van der Waals surface area contributed by atoms with Crippen LogP contribution in [0, 0.1) is 0 Å². The highest BCUT2D eigenvalue weighted by Crippen LogP contribution is 1.91. The van der Waals surface area contributed by atoms with Crippen LogP contribution in [0.2, 0.25) is 0 Å². The first-order valence-electron chi connectivity index (χ1n) is 3.54. The molecule has 72 valence electrons. The number of rotatable bonds is 4. The molecule has 0 aliphatic rings. The molecule has 5 nitrogen and oxygen atoms in total. The molecular formula is C6H12NO4S-. The van der Waals surface area contributed by atoms with Gasteiger partial charge in [0.1, 0.15) is 0 Å². The van der Waals surface area contributed by atoms with Gasteiger partial charge >= 0.3 is 0 Å². The quantitative estimate of drug-likeness (QED) is 0.560. The number of carbonyl (C=O) groups excluding carboxylic acids is 1. The van der Waals surface area contributed by atoms with E-state index in [2.05, 4.69) is 0 Å². The second kappa shape index (κ2) is 4.42. The Hall–Kier alpha value is -0.620. The lowest BCUT2D eigenvalue weighted by atomic mass is 10.4. The second-order valence-corrected chi connectivity index (χ2v) is 3.95. The zero-order valence-corrected chi connectivity index (χ0v) is 7.93. The van der Waals surface area contributed by atoms with Gasteiger partial charge in [-0.2, -0.15) is 0 Å². The summed E-state index contributed by atoms with van der Waals surface area (Å²) in [5, 5.41) is 0. The highest BCUT2D eigenvalue weighted by Gasteiger charge is 2.06. The molecule has 6 heteroatoms. The van der Waals surface area contributed by atoms with Crippen LogP contribution >= 0.6 is 0 Å². The van der Waals surface area contributed by atoms with Crippen LogP contribution in [0.25, 0.3) is 0 Å². The first-order chi connectivity index (χ1) is 5.37. The molecule has 0 N–H and O–H groups in total. The van der Waals surface area contributed by atoms with E-state index in [4.69, 9.17) is 0 Å². The van der Waals surface area contributed by atoms with Gasteiger partial charge in [-0.3, -0.25) is 4.79 Å². The van der Waals surface area contributed by atoms with Crippen molar-refractivity contribution >= 4 is 16.0 Å². The fourth-order valence-corrected chi connectivity index (χ4v) is 1.14. The Labute approximate surface area is 72.1 Å². The minimum Gasteiger partial charge on any atom is -0.748 e. The van der Waals surface area contributed by atoms with E-state index in [0.29, 0.717) is 6.42 Å². The summed E-state index contributed by atoms with van der Waals surface area (Å²) in [7, 11) is -2.74. The zero-order chi connectivity index (χ0) is 9.78. The molecule has 0 unspecified atom stereocenters. The molecule has 0 saturated carbocycles. The maximum absolute atomic E-state index is 10.9. The Balaban J connectivity index is 3.88. The topological polar surface area (TPSA) is 77.5 Å². The maximum atomic E-state index is 10.9. The van der Waals surface area contributed by atoms with E-state index in [1.807, 2.05) is 0 Å². The highest BCUT2D eigenvalue weighted by molar-refractivity contribution is 7.85. The molecule has 0 fully saturated rings. The van der Waals surface area contributed by atoms with E-state index in [-0.39, 0.29) is 12.5 Å². The highest BCUT2D eigenvalue weighted by atomic mass is 32.2. The van der Waals surface area contributed by atoms with E-state index in [1.54, 1.807) is 6.92 Å². The maximum Gasteiger partial charge on any atom is 0.222 e. The fourth-order valence-electron chi connectivity index (χ4n) is 0.643. The number of carbonyl (C=O) groups is 1. The van der Waals surface area contributed by atoms with Gasteiger partial charge in [-0.1, -0.05) is 6.92 Å². The summed E-state index contributed by atoms with van der Waals surface area (Å²) < 4.78 is 30.5. The van der Waals surface area contributed by atoms with Gasteiger partial charge in [0.05, 0.1) is 15.9 Å². The summed E-state index contributed by atoms with van der Waals surface area (Å²) in [6.45, 7) is 1.64. The molecule has 0 aromatic rings. The minimum atomic E-state index is -4.20. The summed E-state index contributed by atoms with van der Waals surface area (Å²) >= 11 is 0. The molecule has 0 aliphatic carbocycles. The third-order valence-electron chi connectivity index (χ3n) is 1.40. The molecule has 0 saturated heterocycles. The van der Waals surface area contributed by atoms with Gasteiger partial charge in [0.2, 0.25) is 5.91 Å². The van der Waals surface area contributed by atoms with E-state index in [9.17, 15) is 17.8 Å². The average Bonchev–Trinajstić information content (AvgIpc) is 1.97.